The molecule has 1 N–H and O–H groups in total. The highest BCUT2D eigenvalue weighted by Gasteiger charge is 2.20. The first-order valence-corrected chi connectivity index (χ1v) is 7.09. The van der Waals surface area contributed by atoms with Gasteiger partial charge >= 0.3 is 5.97 Å². The van der Waals surface area contributed by atoms with Crippen LogP contribution in [0.5, 0.6) is 0 Å². The predicted molar refractivity (Wildman–Crippen MR) is 84.1 cm³/mol. The summed E-state index contributed by atoms with van der Waals surface area (Å²) >= 11 is 0. The summed E-state index contributed by atoms with van der Waals surface area (Å²) in [6, 6.07) is 18.1. The standard InChI is InChI=1S/C18H21NO2/c1-14-8-10-16(11-9-14)17(18(20)21-2)13-19-12-15-6-4-3-5-7-15/h3-11,17,19H,12-13H2,1-2H3/t17-/m1/s1. The minimum Gasteiger partial charge on any atom is -0.469 e. The van der Waals surface area contributed by atoms with Crippen LogP contribution in [0.4, 0.5) is 0 Å². The fraction of sp³-hybridized carbons (Fsp3) is 0.278. The van der Waals surface area contributed by atoms with E-state index >= 15 is 0 Å². The Morgan fingerprint density at radius 3 is 2.38 bits per heavy atom. The van der Waals surface area contributed by atoms with Gasteiger partial charge in [-0.05, 0) is 18.1 Å². The van der Waals surface area contributed by atoms with E-state index in [0.717, 1.165) is 12.1 Å². The van der Waals surface area contributed by atoms with Crippen LogP contribution in [0.25, 0.3) is 0 Å². The SMILES string of the molecule is COC(=O)[C@H](CNCc1ccccc1)c1ccc(C)cc1. The normalized spacial score (nSPS) is 11.9. The Morgan fingerprint density at radius 1 is 1.10 bits per heavy atom. The second-order valence-corrected chi connectivity index (χ2v) is 5.10. The van der Waals surface area contributed by atoms with Crippen molar-refractivity contribution in [2.24, 2.45) is 0 Å². The number of hydrogen-bond donors (Lipinski definition) is 1. The number of esters is 1. The van der Waals surface area contributed by atoms with E-state index in [9.17, 15) is 4.79 Å². The lowest BCUT2D eigenvalue weighted by atomic mass is 9.98. The molecule has 0 saturated carbocycles. The van der Waals surface area contributed by atoms with Crippen molar-refractivity contribution in [3.8, 4) is 0 Å². The van der Waals surface area contributed by atoms with Crippen LogP contribution in [-0.4, -0.2) is 19.6 Å². The summed E-state index contributed by atoms with van der Waals surface area (Å²) in [5.74, 6) is -0.487. The number of carbonyl (C=O) groups is 1. The van der Waals surface area contributed by atoms with Crippen LogP contribution < -0.4 is 5.32 Å². The number of nitrogens with one attached hydrogen (secondary N) is 1. The van der Waals surface area contributed by atoms with Crippen molar-refractivity contribution >= 4 is 5.97 Å². The molecular weight excluding hydrogens is 262 g/mol. The van der Waals surface area contributed by atoms with Crippen LogP contribution in [0.1, 0.15) is 22.6 Å². The van der Waals surface area contributed by atoms with E-state index in [0.29, 0.717) is 6.54 Å². The molecule has 3 nitrogen and oxygen atoms in total. The minimum absolute atomic E-state index is 0.209. The molecule has 0 heterocycles. The minimum atomic E-state index is -0.278. The summed E-state index contributed by atoms with van der Waals surface area (Å²) in [7, 11) is 1.43. The van der Waals surface area contributed by atoms with Gasteiger partial charge in [-0.15, -0.1) is 0 Å². The summed E-state index contributed by atoms with van der Waals surface area (Å²) in [6.45, 7) is 3.33. The molecule has 21 heavy (non-hydrogen) atoms. The average molecular weight is 283 g/mol. The van der Waals surface area contributed by atoms with E-state index in [2.05, 4.69) is 17.4 Å². The fourth-order valence-corrected chi connectivity index (χ4v) is 2.23. The Hall–Kier alpha value is -2.13. The summed E-state index contributed by atoms with van der Waals surface area (Å²) in [4.78, 5) is 12.0. The van der Waals surface area contributed by atoms with Crippen LogP contribution in [-0.2, 0) is 16.1 Å². The first kappa shape index (κ1) is 15.3. The summed E-state index contributed by atoms with van der Waals surface area (Å²) < 4.78 is 4.92. The molecule has 0 unspecified atom stereocenters. The van der Waals surface area contributed by atoms with Crippen LogP contribution in [0.15, 0.2) is 54.6 Å². The Labute approximate surface area is 126 Å². The quantitative estimate of drug-likeness (QED) is 0.828. The Morgan fingerprint density at radius 2 is 1.76 bits per heavy atom. The predicted octanol–water partition coefficient (Wildman–Crippen LogP) is 3.04. The van der Waals surface area contributed by atoms with Gasteiger partial charge in [0.15, 0.2) is 0 Å². The summed E-state index contributed by atoms with van der Waals surface area (Å²) in [5, 5.41) is 3.33. The first-order chi connectivity index (χ1) is 10.2. The molecule has 0 aliphatic carbocycles. The number of aryl methyl sites for hydroxylation is 1. The smallest absolute Gasteiger partial charge is 0.314 e. The molecule has 110 valence electrons. The Kier molecular flexibility index (Phi) is 5.52. The molecule has 0 spiro atoms. The Balaban J connectivity index is 2.00. The number of methoxy groups -OCH3 is 1. The zero-order valence-corrected chi connectivity index (χ0v) is 12.5. The molecule has 0 bridgehead atoms. The molecule has 0 saturated heterocycles. The van der Waals surface area contributed by atoms with Gasteiger partial charge in [-0.3, -0.25) is 4.79 Å². The maximum atomic E-state index is 12.0. The second kappa shape index (κ2) is 7.60. The number of benzene rings is 2. The third-order valence-electron chi connectivity index (χ3n) is 3.49. The molecule has 0 aromatic heterocycles. The van der Waals surface area contributed by atoms with E-state index in [1.807, 2.05) is 49.4 Å². The van der Waals surface area contributed by atoms with Crippen molar-refractivity contribution in [2.75, 3.05) is 13.7 Å². The summed E-state index contributed by atoms with van der Waals surface area (Å²) in [5.41, 5.74) is 3.36. The molecule has 2 aromatic rings. The van der Waals surface area contributed by atoms with Crippen molar-refractivity contribution in [3.05, 3.63) is 71.3 Å². The van der Waals surface area contributed by atoms with Gasteiger partial charge < -0.3 is 10.1 Å². The molecule has 0 aliphatic heterocycles. The lowest BCUT2D eigenvalue weighted by molar-refractivity contribution is -0.142. The van der Waals surface area contributed by atoms with Gasteiger partial charge in [0.1, 0.15) is 0 Å². The van der Waals surface area contributed by atoms with Gasteiger partial charge in [0.05, 0.1) is 13.0 Å². The fourth-order valence-electron chi connectivity index (χ4n) is 2.23. The van der Waals surface area contributed by atoms with Crippen molar-refractivity contribution in [3.63, 3.8) is 0 Å². The molecule has 1 atom stereocenters. The highest BCUT2D eigenvalue weighted by Crippen LogP contribution is 2.17. The van der Waals surface area contributed by atoms with E-state index in [1.165, 1.54) is 18.2 Å². The molecule has 2 rings (SSSR count). The third kappa shape index (κ3) is 4.43. The third-order valence-corrected chi connectivity index (χ3v) is 3.49. The number of ether oxygens (including phenoxy) is 1. The molecule has 0 fully saturated rings. The number of hydrogen-bond acceptors (Lipinski definition) is 3. The van der Waals surface area contributed by atoms with E-state index in [1.54, 1.807) is 0 Å². The summed E-state index contributed by atoms with van der Waals surface area (Å²) in [6.07, 6.45) is 0. The second-order valence-electron chi connectivity index (χ2n) is 5.10. The largest absolute Gasteiger partial charge is 0.469 e. The molecular formula is C18H21NO2. The van der Waals surface area contributed by atoms with Crippen molar-refractivity contribution in [2.45, 2.75) is 19.4 Å². The first-order valence-electron chi connectivity index (χ1n) is 7.09. The van der Waals surface area contributed by atoms with Gasteiger partial charge in [0.2, 0.25) is 0 Å². The highest BCUT2D eigenvalue weighted by molar-refractivity contribution is 5.78. The molecule has 3 heteroatoms. The lowest BCUT2D eigenvalue weighted by Crippen LogP contribution is -2.27. The van der Waals surface area contributed by atoms with Crippen LogP contribution in [0.2, 0.25) is 0 Å². The van der Waals surface area contributed by atoms with Crippen molar-refractivity contribution in [1.82, 2.24) is 5.32 Å². The maximum absolute atomic E-state index is 12.0. The molecule has 0 aliphatic rings. The number of rotatable bonds is 6. The van der Waals surface area contributed by atoms with Gasteiger partial charge in [-0.1, -0.05) is 60.2 Å². The van der Waals surface area contributed by atoms with Gasteiger partial charge in [-0.2, -0.15) is 0 Å². The van der Waals surface area contributed by atoms with Crippen molar-refractivity contribution < 1.29 is 9.53 Å². The van der Waals surface area contributed by atoms with Gasteiger partial charge in [0, 0.05) is 13.1 Å². The molecule has 0 radical (unpaired) electrons. The van der Waals surface area contributed by atoms with Crippen molar-refractivity contribution in [1.29, 1.82) is 0 Å². The topological polar surface area (TPSA) is 38.3 Å². The lowest BCUT2D eigenvalue weighted by Gasteiger charge is -2.16. The average Bonchev–Trinajstić information content (AvgIpc) is 2.53. The van der Waals surface area contributed by atoms with Crippen LogP contribution in [0, 0.1) is 6.92 Å². The van der Waals surface area contributed by atoms with Crippen LogP contribution in [0.3, 0.4) is 0 Å². The monoisotopic (exact) mass is 283 g/mol. The van der Waals surface area contributed by atoms with E-state index in [-0.39, 0.29) is 11.9 Å². The zero-order chi connectivity index (χ0) is 15.1. The van der Waals surface area contributed by atoms with Gasteiger partial charge in [-0.25, -0.2) is 0 Å². The zero-order valence-electron chi connectivity index (χ0n) is 12.5. The Bertz CT molecular complexity index is 564. The number of carbonyl (C=O) groups excluding carboxylic acids is 1. The molecule has 2 aromatic carbocycles. The van der Waals surface area contributed by atoms with Gasteiger partial charge in [0.25, 0.3) is 0 Å². The van der Waals surface area contributed by atoms with E-state index < -0.39 is 0 Å². The van der Waals surface area contributed by atoms with E-state index in [4.69, 9.17) is 4.74 Å². The highest BCUT2D eigenvalue weighted by atomic mass is 16.5. The van der Waals surface area contributed by atoms with Crippen LogP contribution >= 0.6 is 0 Å². The molecule has 0 amide bonds. The maximum Gasteiger partial charge on any atom is 0.314 e.